The summed E-state index contributed by atoms with van der Waals surface area (Å²) in [6.45, 7) is -1.43. The molecule has 0 aliphatic rings. The third kappa shape index (κ3) is 30.8. The lowest BCUT2D eigenvalue weighted by Crippen LogP contribution is -2.50. The summed E-state index contributed by atoms with van der Waals surface area (Å²) in [6.07, 6.45) is 0.0412. The largest absolute Gasteiger partial charge is 0.508 e. The molecule has 0 aromatic heterocycles. The molecule has 9 rings (SSSR count). The van der Waals surface area contributed by atoms with Crippen molar-refractivity contribution in [3.8, 4) is 17.2 Å². The number of carbonyl (C=O) groups excluding carboxylic acids is 9. The first-order valence-corrected chi connectivity index (χ1v) is 37.1. The van der Waals surface area contributed by atoms with E-state index in [4.69, 9.17) is 92.8 Å². The van der Waals surface area contributed by atoms with Gasteiger partial charge in [-0.2, -0.15) is 27.0 Å². The van der Waals surface area contributed by atoms with Crippen molar-refractivity contribution in [3.63, 3.8) is 0 Å². The number of anilines is 3. The Balaban J connectivity index is 0.000000313. The van der Waals surface area contributed by atoms with Gasteiger partial charge < -0.3 is 94.4 Å². The molecule has 0 unspecified atom stereocenters. The van der Waals surface area contributed by atoms with Crippen LogP contribution in [0.4, 0.5) is 31.4 Å². The van der Waals surface area contributed by atoms with E-state index in [1.165, 1.54) is 54.6 Å². The Labute approximate surface area is 727 Å². The normalized spacial score (nSPS) is 11.1. The number of carboxylic acid groups (broad SMARTS) is 3. The molecule has 9 aromatic rings. The van der Waals surface area contributed by atoms with E-state index in [1.54, 1.807) is 127 Å². The third-order valence-corrected chi connectivity index (χ3v) is 18.6. The molecule has 40 heteroatoms. The van der Waals surface area contributed by atoms with Crippen molar-refractivity contribution in [3.05, 3.63) is 278 Å². The number of aromatic hydroxyl groups is 3. The van der Waals surface area contributed by atoms with Crippen LogP contribution < -0.4 is 63.8 Å². The fourth-order valence-electron chi connectivity index (χ4n) is 10.2. The van der Waals surface area contributed by atoms with E-state index in [0.29, 0.717) is 37.9 Å². The molecule has 0 saturated heterocycles. The van der Waals surface area contributed by atoms with Crippen molar-refractivity contribution in [2.24, 2.45) is 0 Å². The summed E-state index contributed by atoms with van der Waals surface area (Å²) < 4.78 is 0. The number of aliphatic carboxylic acids is 3. The molecule has 0 aliphatic carbocycles. The van der Waals surface area contributed by atoms with Crippen molar-refractivity contribution in [2.45, 2.75) is 57.0 Å². The predicted molar refractivity (Wildman–Crippen MR) is 458 cm³/mol. The number of benzene rings is 9. The Morgan fingerprint density at radius 1 is 0.305 bits per heavy atom. The van der Waals surface area contributed by atoms with Gasteiger partial charge in [0.2, 0.25) is 17.7 Å². The average Bonchev–Trinajstić information content (AvgIpc) is 0.817. The first-order valence-electron chi connectivity index (χ1n) is 34.1. The maximum absolute atomic E-state index is 12.9. The van der Waals surface area contributed by atoms with Crippen LogP contribution in [0, 0.1) is 0 Å². The maximum atomic E-state index is 12.9. The van der Waals surface area contributed by atoms with Crippen LogP contribution in [0.1, 0.15) is 64.5 Å². The summed E-state index contributed by atoms with van der Waals surface area (Å²) in [6, 6.07) is 43.1. The topological polar surface area (TPSA) is 471 Å². The molecule has 0 bridgehead atoms. The minimum atomic E-state index is -1.54. The van der Waals surface area contributed by atoms with Crippen LogP contribution in [-0.2, 0) is 67.7 Å². The Hall–Kier alpha value is -11.6. The van der Waals surface area contributed by atoms with Gasteiger partial charge >= 0.3 is 36.0 Å². The van der Waals surface area contributed by atoms with Gasteiger partial charge in [-0.1, -0.05) is 202 Å². The van der Waals surface area contributed by atoms with Crippen LogP contribution in [0.5, 0.6) is 17.2 Å². The highest BCUT2D eigenvalue weighted by atomic mass is 35.5. The van der Waals surface area contributed by atoms with Crippen LogP contribution in [0.25, 0.3) is 0 Å². The van der Waals surface area contributed by atoms with E-state index in [2.05, 4.69) is 63.8 Å². The molecular formula is C78H74Cl8N12O18S2. The van der Waals surface area contributed by atoms with Gasteiger partial charge in [-0.15, -0.1) is 0 Å². The second-order valence-electron chi connectivity index (χ2n) is 24.4. The zero-order valence-electron chi connectivity index (χ0n) is 61.1. The maximum Gasteiger partial charge on any atom is 0.328 e. The molecule has 18 N–H and O–H groups in total. The second-order valence-corrected chi connectivity index (χ2v) is 27.7. The van der Waals surface area contributed by atoms with E-state index in [9.17, 15) is 88.2 Å². The molecule has 622 valence electrons. The van der Waals surface area contributed by atoms with E-state index >= 15 is 0 Å². The SMILES string of the molecule is O=C(Cc1cccc(Cl)c1)Nc1ccc(Cl)c(C(=O)N[C@@H](CNC(=O)NCc2ccccc2O)C(=O)O)c1Cl.O=C(Cc1cccc(Cl)c1)Nc1ccc(Cl)c(C(=O)N[C@@H](CNC(=O)NCc2ccccc2O)C(=O)O)c1Cl.O=C(Cc1ccccc1)Nc1ccc(Cl)c(C(=O)N[C@@H](CNC(=O)NCc2ccccc2O)C(=O)O)c1Cl.S.S. The quantitative estimate of drug-likeness (QED) is 0.0199. The lowest BCUT2D eigenvalue weighted by atomic mass is 10.1. The van der Waals surface area contributed by atoms with Gasteiger partial charge in [0.05, 0.1) is 103 Å². The molecule has 0 spiro atoms. The van der Waals surface area contributed by atoms with E-state index < -0.39 is 103 Å². The summed E-state index contributed by atoms with van der Waals surface area (Å²) in [7, 11) is 0. The molecule has 30 nitrogen and oxygen atoms in total. The molecule has 3 atom stereocenters. The first kappa shape index (κ1) is 97.0. The highest BCUT2D eigenvalue weighted by Crippen LogP contribution is 2.35. The number of hydrogen-bond acceptors (Lipinski definition) is 15. The van der Waals surface area contributed by atoms with Crippen molar-refractivity contribution >= 4 is 208 Å². The number of urea groups is 3. The van der Waals surface area contributed by atoms with E-state index in [1.807, 2.05) is 6.07 Å². The number of halogens is 8. The molecular weight excluding hydrogens is 1740 g/mol. The monoisotopic (exact) mass is 1810 g/mol. The smallest absolute Gasteiger partial charge is 0.328 e. The Bertz CT molecular complexity index is 4940. The summed E-state index contributed by atoms with van der Waals surface area (Å²) in [5.74, 6) is -8.32. The van der Waals surface area contributed by atoms with Gasteiger partial charge in [0.25, 0.3) is 17.7 Å². The predicted octanol–water partition coefficient (Wildman–Crippen LogP) is 12.2. The number of carbonyl (C=O) groups is 12. The average molecular weight is 1820 g/mol. The number of hydrogen-bond donors (Lipinski definition) is 18. The fourth-order valence-corrected chi connectivity index (χ4v) is 12.4. The lowest BCUT2D eigenvalue weighted by molar-refractivity contribution is -0.140. The number of amides is 12. The molecule has 12 amide bonds. The van der Waals surface area contributed by atoms with E-state index in [0.717, 1.165) is 5.56 Å². The highest BCUT2D eigenvalue weighted by Gasteiger charge is 2.30. The zero-order chi connectivity index (χ0) is 84.7. The first-order chi connectivity index (χ1) is 55.2. The van der Waals surface area contributed by atoms with Gasteiger partial charge in [-0.25, -0.2) is 28.8 Å². The zero-order valence-corrected chi connectivity index (χ0v) is 69.1. The number of phenolic OH excluding ortho intramolecular Hbond substituents is 3. The molecule has 0 fully saturated rings. The minimum absolute atomic E-state index is 0. The van der Waals surface area contributed by atoms with Crippen molar-refractivity contribution in [2.75, 3.05) is 35.6 Å². The number of rotatable bonds is 30. The van der Waals surface area contributed by atoms with Crippen LogP contribution in [-0.4, -0.2) is 140 Å². The third-order valence-electron chi connectivity index (χ3n) is 16.0. The number of phenols is 3. The Morgan fingerprint density at radius 3 is 0.839 bits per heavy atom. The molecule has 0 heterocycles. The molecule has 0 radical (unpaired) electrons. The lowest BCUT2D eigenvalue weighted by Gasteiger charge is -2.18. The van der Waals surface area contributed by atoms with Crippen LogP contribution in [0.3, 0.4) is 0 Å². The van der Waals surface area contributed by atoms with Crippen molar-refractivity contribution in [1.29, 1.82) is 0 Å². The van der Waals surface area contributed by atoms with Crippen LogP contribution in [0.2, 0.25) is 40.2 Å². The minimum Gasteiger partial charge on any atom is -0.508 e. The van der Waals surface area contributed by atoms with Gasteiger partial charge in [0.15, 0.2) is 0 Å². The van der Waals surface area contributed by atoms with Crippen LogP contribution in [0.15, 0.2) is 188 Å². The van der Waals surface area contributed by atoms with Crippen molar-refractivity contribution < 1.29 is 88.2 Å². The summed E-state index contributed by atoms with van der Waals surface area (Å²) in [4.78, 5) is 148. The highest BCUT2D eigenvalue weighted by molar-refractivity contribution is 7.59. The summed E-state index contributed by atoms with van der Waals surface area (Å²) in [5, 5.41) is 87.2. The van der Waals surface area contributed by atoms with Gasteiger partial charge in [-0.05, 0) is 95.6 Å². The van der Waals surface area contributed by atoms with Crippen LogP contribution >= 0.6 is 120 Å². The molecule has 9 aromatic carbocycles. The standard InChI is InChI=1S/2C26H23Cl3N4O6.C26H24Cl2N4O6.2H2S/c2*27-16-6-3-4-14(10-16)11-21(35)32-18-9-8-17(28)22(23(18)29)24(36)33-19(25(37)38)13-31-26(39)30-12-15-5-1-2-7-20(15)34;27-17-10-11-18(31-21(34)12-15-6-2-1-3-7-15)23(28)22(17)24(35)32-19(25(36)37)14-30-26(38)29-13-16-8-4-5-9-20(16)33;;/h2*1-10,19,34H,11-13H2,(H,32,35)(H,33,36)(H,37,38)(H2,30,31,39);1-11,19,33H,12-14H2,(H,31,34)(H,32,35)(H,36,37)(H2,29,30,38);2*1H2/t3*19-;;/m000../s1. The summed E-state index contributed by atoms with van der Waals surface area (Å²) in [5.41, 5.74) is 3.02. The summed E-state index contributed by atoms with van der Waals surface area (Å²) >= 11 is 49.4. The molecule has 0 saturated carbocycles. The van der Waals surface area contributed by atoms with Gasteiger partial charge in [0, 0.05) is 46.4 Å². The van der Waals surface area contributed by atoms with E-state index in [-0.39, 0.29) is 153 Å². The fraction of sp³-hybridized carbons (Fsp3) is 0.154. The van der Waals surface area contributed by atoms with Gasteiger partial charge in [0.1, 0.15) is 35.4 Å². The van der Waals surface area contributed by atoms with Gasteiger partial charge in [-0.3, -0.25) is 28.8 Å². The number of nitrogens with one attached hydrogen (secondary N) is 12. The molecule has 118 heavy (non-hydrogen) atoms. The Morgan fingerprint density at radius 2 is 0.568 bits per heavy atom. The Kier molecular flexibility index (Phi) is 39.6. The second kappa shape index (κ2) is 48.2. The number of para-hydroxylation sites is 3. The number of carboxylic acids is 3. The van der Waals surface area contributed by atoms with Crippen molar-refractivity contribution in [1.82, 2.24) is 47.9 Å². The molecule has 0 aliphatic heterocycles.